The zero-order chi connectivity index (χ0) is 36.3. The Morgan fingerprint density at radius 3 is 1.98 bits per heavy atom. The quantitative estimate of drug-likeness (QED) is 0.175. The molecule has 1 aromatic heterocycles. The maximum atomic E-state index is 6.87. The van der Waals surface area contributed by atoms with E-state index in [4.69, 9.17) is 9.41 Å². The Morgan fingerprint density at radius 2 is 1.13 bits per heavy atom. The first kappa shape index (κ1) is 31.5. The maximum Gasteiger partial charge on any atom is 0.143 e. The van der Waals surface area contributed by atoms with Crippen LogP contribution in [0.1, 0.15) is 29.0 Å². The van der Waals surface area contributed by atoms with Crippen LogP contribution in [0.15, 0.2) is 197 Å². The van der Waals surface area contributed by atoms with E-state index in [2.05, 4.69) is 199 Å². The fourth-order valence-corrected chi connectivity index (χ4v) is 8.47. The van der Waals surface area contributed by atoms with Gasteiger partial charge in [-0.1, -0.05) is 170 Å². The van der Waals surface area contributed by atoms with E-state index < -0.39 is 0 Å². The first-order valence-electron chi connectivity index (χ1n) is 18.9. The van der Waals surface area contributed by atoms with Gasteiger partial charge >= 0.3 is 0 Å². The number of hydrogen-bond donors (Lipinski definition) is 2. The lowest BCUT2D eigenvalue weighted by atomic mass is 9.92. The van der Waals surface area contributed by atoms with Crippen LogP contribution in [0.25, 0.3) is 76.5 Å². The average Bonchev–Trinajstić information content (AvgIpc) is 3.66. The number of benzene rings is 9. The van der Waals surface area contributed by atoms with Gasteiger partial charge in [0, 0.05) is 27.5 Å². The van der Waals surface area contributed by atoms with E-state index in [9.17, 15) is 0 Å². The molecule has 2 unspecified atom stereocenters. The molecule has 1 aliphatic heterocycles. The molecule has 4 nitrogen and oxygen atoms in total. The standard InChI is InChI=1S/C51H35N3O/c1-2-12-32(13-3-1)34-24-27-35(28-25-34)49-52-50(38-29-26-33-14-4-5-15-36(33)30-38)54-51(53-49)44-22-11-23-46-47(44)43-21-10-20-42(48(43)55-46)45-31-37-16-6-7-17-39(37)40-18-8-9-19-41(40)45/h1-31,50-51,54H,(H,52,53). The number of nitrogens with zero attached hydrogens (tertiary/aromatic N) is 1. The summed E-state index contributed by atoms with van der Waals surface area (Å²) in [5, 5.41) is 17.2. The lowest BCUT2D eigenvalue weighted by molar-refractivity contribution is 0.411. The number of nitrogens with one attached hydrogen (secondary N) is 2. The van der Waals surface area contributed by atoms with Gasteiger partial charge in [-0.3, -0.25) is 5.32 Å². The van der Waals surface area contributed by atoms with Crippen molar-refractivity contribution in [1.82, 2.24) is 10.6 Å². The lowest BCUT2D eigenvalue weighted by Crippen LogP contribution is -2.45. The number of rotatable bonds is 5. The second-order valence-electron chi connectivity index (χ2n) is 14.4. The zero-order valence-corrected chi connectivity index (χ0v) is 29.9. The molecule has 0 bridgehead atoms. The molecule has 10 aromatic rings. The minimum atomic E-state index is -0.285. The van der Waals surface area contributed by atoms with E-state index in [-0.39, 0.29) is 12.3 Å². The van der Waals surface area contributed by atoms with Gasteiger partial charge < -0.3 is 9.73 Å². The van der Waals surface area contributed by atoms with Gasteiger partial charge in [0.05, 0.1) is 0 Å². The van der Waals surface area contributed by atoms with Gasteiger partial charge in [-0.25, -0.2) is 4.99 Å². The number of hydrogen-bond acceptors (Lipinski definition) is 4. The molecule has 4 heteroatoms. The Hall–Kier alpha value is -7.01. The van der Waals surface area contributed by atoms with Crippen molar-refractivity contribution in [1.29, 1.82) is 0 Å². The van der Waals surface area contributed by atoms with Gasteiger partial charge in [0.15, 0.2) is 0 Å². The summed E-state index contributed by atoms with van der Waals surface area (Å²) in [7, 11) is 0. The van der Waals surface area contributed by atoms with Crippen molar-refractivity contribution in [3.05, 3.63) is 205 Å². The molecule has 0 spiro atoms. The lowest BCUT2D eigenvalue weighted by Gasteiger charge is -2.32. The summed E-state index contributed by atoms with van der Waals surface area (Å²) in [4.78, 5) is 5.32. The summed E-state index contributed by atoms with van der Waals surface area (Å²) in [6.07, 6.45) is -0.542. The van der Waals surface area contributed by atoms with Crippen molar-refractivity contribution in [3.8, 4) is 22.3 Å². The summed E-state index contributed by atoms with van der Waals surface area (Å²) >= 11 is 0. The van der Waals surface area contributed by atoms with Crippen molar-refractivity contribution in [2.75, 3.05) is 0 Å². The zero-order valence-electron chi connectivity index (χ0n) is 29.9. The predicted molar refractivity (Wildman–Crippen MR) is 228 cm³/mol. The SMILES string of the molecule is c1ccc(-c2ccc(C3=NC(c4ccc5ccccc5c4)NC(c4cccc5oc6c(-c7cc8ccccc8c8ccccc78)cccc6c45)N3)cc2)cc1. The molecule has 11 rings (SSSR count). The van der Waals surface area contributed by atoms with Crippen LogP contribution in [-0.2, 0) is 0 Å². The van der Waals surface area contributed by atoms with Crippen molar-refractivity contribution in [2.24, 2.45) is 4.99 Å². The van der Waals surface area contributed by atoms with Gasteiger partial charge in [0.1, 0.15) is 29.3 Å². The Morgan fingerprint density at radius 1 is 0.455 bits per heavy atom. The van der Waals surface area contributed by atoms with Crippen molar-refractivity contribution >= 4 is 60.1 Å². The predicted octanol–water partition coefficient (Wildman–Crippen LogP) is 12.7. The van der Waals surface area contributed by atoms with Gasteiger partial charge in [-0.15, -0.1) is 0 Å². The third-order valence-electron chi connectivity index (χ3n) is 11.1. The van der Waals surface area contributed by atoms with Gasteiger partial charge in [0.2, 0.25) is 0 Å². The van der Waals surface area contributed by atoms with E-state index in [1.807, 2.05) is 0 Å². The minimum absolute atomic E-state index is 0.257. The maximum absolute atomic E-state index is 6.87. The van der Waals surface area contributed by atoms with Crippen LogP contribution < -0.4 is 10.6 Å². The molecule has 0 amide bonds. The van der Waals surface area contributed by atoms with Crippen LogP contribution in [0.3, 0.4) is 0 Å². The molecular formula is C51H35N3O. The highest BCUT2D eigenvalue weighted by atomic mass is 16.3. The largest absolute Gasteiger partial charge is 0.455 e. The second-order valence-corrected chi connectivity index (χ2v) is 14.4. The molecule has 9 aromatic carbocycles. The van der Waals surface area contributed by atoms with Gasteiger partial charge in [-0.05, 0) is 72.8 Å². The summed E-state index contributed by atoms with van der Waals surface area (Å²) in [5.74, 6) is 0.842. The van der Waals surface area contributed by atoms with Crippen LogP contribution in [0.5, 0.6) is 0 Å². The Kier molecular flexibility index (Phi) is 7.35. The highest BCUT2D eigenvalue weighted by Gasteiger charge is 2.28. The third kappa shape index (κ3) is 5.38. The average molecular weight is 706 g/mol. The Balaban J connectivity index is 1.06. The first-order valence-corrected chi connectivity index (χ1v) is 18.9. The van der Waals surface area contributed by atoms with Gasteiger partial charge in [-0.2, -0.15) is 0 Å². The monoisotopic (exact) mass is 705 g/mol. The molecule has 2 N–H and O–H groups in total. The summed E-state index contributed by atoms with van der Waals surface area (Å²) in [5.41, 5.74) is 9.60. The first-order chi connectivity index (χ1) is 27.2. The summed E-state index contributed by atoms with van der Waals surface area (Å²) in [6.45, 7) is 0. The molecule has 55 heavy (non-hydrogen) atoms. The minimum Gasteiger partial charge on any atom is -0.455 e. The second kappa shape index (κ2) is 12.8. The van der Waals surface area contributed by atoms with Crippen LogP contribution >= 0.6 is 0 Å². The van der Waals surface area contributed by atoms with E-state index >= 15 is 0 Å². The van der Waals surface area contributed by atoms with Crippen molar-refractivity contribution in [3.63, 3.8) is 0 Å². The topological polar surface area (TPSA) is 49.6 Å². The van der Waals surface area contributed by atoms with Crippen LogP contribution in [0.2, 0.25) is 0 Å². The van der Waals surface area contributed by atoms with Crippen molar-refractivity contribution < 1.29 is 4.42 Å². The van der Waals surface area contributed by atoms with Crippen molar-refractivity contribution in [2.45, 2.75) is 12.3 Å². The number of aliphatic imine (C=N–C) groups is 1. The molecule has 0 saturated carbocycles. The number of para-hydroxylation sites is 1. The Bertz CT molecular complexity index is 3110. The normalized spacial score (nSPS) is 15.8. The molecule has 0 fully saturated rings. The van der Waals surface area contributed by atoms with E-state index in [0.717, 1.165) is 50.0 Å². The fraction of sp³-hybridized carbons (Fsp3) is 0.0392. The molecule has 0 aliphatic carbocycles. The van der Waals surface area contributed by atoms with Crippen LogP contribution in [0.4, 0.5) is 0 Å². The van der Waals surface area contributed by atoms with E-state index in [1.165, 1.54) is 49.0 Å². The molecule has 260 valence electrons. The summed E-state index contributed by atoms with van der Waals surface area (Å²) in [6, 6.07) is 66.9. The fourth-order valence-electron chi connectivity index (χ4n) is 8.47. The highest BCUT2D eigenvalue weighted by Crippen LogP contribution is 2.43. The third-order valence-corrected chi connectivity index (χ3v) is 11.1. The molecule has 0 radical (unpaired) electrons. The number of amidine groups is 1. The number of fused-ring (bicyclic) bond motifs is 7. The van der Waals surface area contributed by atoms with Gasteiger partial charge in [0.25, 0.3) is 0 Å². The number of furan rings is 1. The van der Waals surface area contributed by atoms with Crippen LogP contribution in [0, 0.1) is 0 Å². The smallest absolute Gasteiger partial charge is 0.143 e. The molecule has 2 atom stereocenters. The molecule has 1 aliphatic rings. The molecule has 0 saturated heterocycles. The van der Waals surface area contributed by atoms with E-state index in [1.54, 1.807) is 0 Å². The Labute approximate surface area is 318 Å². The summed E-state index contributed by atoms with van der Waals surface area (Å²) < 4.78 is 6.87. The van der Waals surface area contributed by atoms with E-state index in [0.29, 0.717) is 0 Å². The van der Waals surface area contributed by atoms with Crippen LogP contribution in [-0.4, -0.2) is 5.84 Å². The molecule has 2 heterocycles. The molecular weight excluding hydrogens is 671 g/mol. The highest BCUT2D eigenvalue weighted by molar-refractivity contribution is 6.18.